The Hall–Kier alpha value is -2.08. The minimum Gasteiger partial charge on any atom is -0.493 e. The molecule has 138 valence electrons. The second kappa shape index (κ2) is 9.42. The second-order valence-corrected chi connectivity index (χ2v) is 6.48. The summed E-state index contributed by atoms with van der Waals surface area (Å²) in [4.78, 5) is 26.6. The summed E-state index contributed by atoms with van der Waals surface area (Å²) in [5, 5.41) is 2.95. The highest BCUT2D eigenvalue weighted by atomic mass is 16.5. The molecule has 0 saturated carbocycles. The molecule has 0 radical (unpaired) electrons. The summed E-state index contributed by atoms with van der Waals surface area (Å²) < 4.78 is 10.5. The predicted molar refractivity (Wildman–Crippen MR) is 95.8 cm³/mol. The number of carbonyl (C=O) groups excluding carboxylic acids is 2. The number of amides is 1. The molecule has 1 N–H and O–H groups in total. The number of esters is 1. The zero-order valence-electron chi connectivity index (χ0n) is 15.3. The van der Waals surface area contributed by atoms with Gasteiger partial charge in [-0.25, -0.2) is 4.79 Å². The monoisotopic (exact) mass is 348 g/mol. The molecule has 6 nitrogen and oxygen atoms in total. The van der Waals surface area contributed by atoms with Crippen molar-refractivity contribution in [3.8, 4) is 5.75 Å². The predicted octanol–water partition coefficient (Wildman–Crippen LogP) is 2.23. The Morgan fingerprint density at radius 3 is 2.56 bits per heavy atom. The molecule has 25 heavy (non-hydrogen) atoms. The lowest BCUT2D eigenvalue weighted by Gasteiger charge is -2.34. The van der Waals surface area contributed by atoms with Crippen LogP contribution in [-0.2, 0) is 9.53 Å². The number of rotatable bonds is 7. The van der Waals surface area contributed by atoms with Crippen LogP contribution < -0.4 is 10.1 Å². The maximum Gasteiger partial charge on any atom is 0.342 e. The van der Waals surface area contributed by atoms with Crippen LogP contribution in [0.15, 0.2) is 24.3 Å². The number of piperidine rings is 1. The highest BCUT2D eigenvalue weighted by Crippen LogP contribution is 2.19. The van der Waals surface area contributed by atoms with Crippen molar-refractivity contribution in [1.82, 2.24) is 10.2 Å². The number of benzene rings is 1. The molecule has 0 aliphatic carbocycles. The van der Waals surface area contributed by atoms with Crippen LogP contribution >= 0.6 is 0 Å². The van der Waals surface area contributed by atoms with Crippen molar-refractivity contribution >= 4 is 11.9 Å². The summed E-state index contributed by atoms with van der Waals surface area (Å²) in [5.74, 6) is -0.337. The van der Waals surface area contributed by atoms with Gasteiger partial charge >= 0.3 is 5.97 Å². The number of ether oxygens (including phenoxy) is 2. The molecule has 2 rings (SSSR count). The van der Waals surface area contributed by atoms with Gasteiger partial charge in [0.15, 0.2) is 6.61 Å². The molecule has 1 heterocycles. The van der Waals surface area contributed by atoms with E-state index in [1.165, 1.54) is 0 Å². The fraction of sp³-hybridized carbons (Fsp3) is 0.579. The third kappa shape index (κ3) is 5.74. The second-order valence-electron chi connectivity index (χ2n) is 6.48. The largest absolute Gasteiger partial charge is 0.493 e. The number of nitrogens with zero attached hydrogens (tertiary/aromatic N) is 1. The van der Waals surface area contributed by atoms with Gasteiger partial charge in [-0.1, -0.05) is 12.1 Å². The SMILES string of the molecule is CCOc1ccccc1C(=O)OCC(=O)NC1CCN(C(C)C)CC1. The lowest BCUT2D eigenvalue weighted by atomic mass is 10.0. The van der Waals surface area contributed by atoms with E-state index >= 15 is 0 Å². The number of likely N-dealkylation sites (tertiary alicyclic amines) is 1. The van der Waals surface area contributed by atoms with Crippen molar-refractivity contribution in [3.05, 3.63) is 29.8 Å². The summed E-state index contributed by atoms with van der Waals surface area (Å²) in [6.45, 7) is 8.34. The highest BCUT2D eigenvalue weighted by molar-refractivity contribution is 5.94. The Bertz CT molecular complexity index is 581. The Morgan fingerprint density at radius 2 is 1.92 bits per heavy atom. The standard InChI is InChI=1S/C19H28N2O4/c1-4-24-17-8-6-5-7-16(17)19(23)25-13-18(22)20-15-9-11-21(12-10-15)14(2)3/h5-8,14-15H,4,9-13H2,1-3H3,(H,20,22). The van der Waals surface area contributed by atoms with Crippen molar-refractivity contribution < 1.29 is 19.1 Å². The van der Waals surface area contributed by atoms with E-state index in [-0.39, 0.29) is 18.6 Å². The van der Waals surface area contributed by atoms with E-state index in [0.29, 0.717) is 24.0 Å². The fourth-order valence-electron chi connectivity index (χ4n) is 2.96. The van der Waals surface area contributed by atoms with Crippen molar-refractivity contribution in [1.29, 1.82) is 0 Å². The molecule has 0 aromatic heterocycles. The lowest BCUT2D eigenvalue weighted by molar-refractivity contribution is -0.125. The third-order valence-electron chi connectivity index (χ3n) is 4.37. The van der Waals surface area contributed by atoms with Crippen molar-refractivity contribution in [3.63, 3.8) is 0 Å². The van der Waals surface area contributed by atoms with Gasteiger partial charge in [-0.05, 0) is 45.7 Å². The van der Waals surface area contributed by atoms with E-state index in [4.69, 9.17) is 9.47 Å². The van der Waals surface area contributed by atoms with Crippen molar-refractivity contribution in [2.45, 2.75) is 45.7 Å². The van der Waals surface area contributed by atoms with Crippen LogP contribution in [-0.4, -0.2) is 55.2 Å². The van der Waals surface area contributed by atoms with E-state index in [1.54, 1.807) is 24.3 Å². The van der Waals surface area contributed by atoms with Gasteiger partial charge in [-0.2, -0.15) is 0 Å². The molecule has 0 bridgehead atoms. The first-order valence-corrected chi connectivity index (χ1v) is 8.93. The van der Waals surface area contributed by atoms with Gasteiger partial charge < -0.3 is 19.7 Å². The number of nitrogens with one attached hydrogen (secondary N) is 1. The van der Waals surface area contributed by atoms with Crippen LogP contribution in [0.5, 0.6) is 5.75 Å². The normalized spacial score (nSPS) is 15.8. The Kier molecular flexibility index (Phi) is 7.25. The Morgan fingerprint density at radius 1 is 1.24 bits per heavy atom. The van der Waals surface area contributed by atoms with Gasteiger partial charge in [0.1, 0.15) is 11.3 Å². The van der Waals surface area contributed by atoms with Gasteiger partial charge in [-0.15, -0.1) is 0 Å². The molecule has 1 aliphatic rings. The molecule has 0 spiro atoms. The van der Waals surface area contributed by atoms with Crippen LogP contribution in [0.2, 0.25) is 0 Å². The summed E-state index contributed by atoms with van der Waals surface area (Å²) in [7, 11) is 0. The molecule has 1 aromatic rings. The number of carbonyl (C=O) groups is 2. The first-order valence-electron chi connectivity index (χ1n) is 8.93. The average Bonchev–Trinajstić information content (AvgIpc) is 2.61. The minimum atomic E-state index is -0.547. The summed E-state index contributed by atoms with van der Waals surface area (Å²) in [5.41, 5.74) is 0.336. The van der Waals surface area contributed by atoms with Crippen LogP contribution in [0.1, 0.15) is 44.0 Å². The van der Waals surface area contributed by atoms with E-state index in [1.807, 2.05) is 6.92 Å². The number of hydrogen-bond donors (Lipinski definition) is 1. The Labute approximate surface area is 149 Å². The minimum absolute atomic E-state index is 0.150. The topological polar surface area (TPSA) is 67.9 Å². The van der Waals surface area contributed by atoms with Crippen LogP contribution in [0, 0.1) is 0 Å². The molecular formula is C19H28N2O4. The molecule has 0 atom stereocenters. The van der Waals surface area contributed by atoms with E-state index in [9.17, 15) is 9.59 Å². The molecule has 1 aliphatic heterocycles. The van der Waals surface area contributed by atoms with E-state index < -0.39 is 5.97 Å². The van der Waals surface area contributed by atoms with Crippen LogP contribution in [0.4, 0.5) is 0 Å². The first-order chi connectivity index (χ1) is 12.0. The molecule has 1 amide bonds. The first kappa shape index (κ1) is 19.2. The van der Waals surface area contributed by atoms with E-state index in [2.05, 4.69) is 24.1 Å². The molecule has 1 aromatic carbocycles. The average molecular weight is 348 g/mol. The van der Waals surface area contributed by atoms with Gasteiger partial charge in [0.05, 0.1) is 6.61 Å². The summed E-state index contributed by atoms with van der Waals surface area (Å²) in [6.07, 6.45) is 1.84. The highest BCUT2D eigenvalue weighted by Gasteiger charge is 2.22. The number of hydrogen-bond acceptors (Lipinski definition) is 5. The third-order valence-corrected chi connectivity index (χ3v) is 4.37. The number of para-hydroxylation sites is 1. The van der Waals surface area contributed by atoms with E-state index in [0.717, 1.165) is 25.9 Å². The molecule has 6 heteroatoms. The fourth-order valence-corrected chi connectivity index (χ4v) is 2.96. The molecule has 0 unspecified atom stereocenters. The van der Waals surface area contributed by atoms with Gasteiger partial charge in [0.25, 0.3) is 5.91 Å². The van der Waals surface area contributed by atoms with Crippen LogP contribution in [0.3, 0.4) is 0 Å². The lowest BCUT2D eigenvalue weighted by Crippen LogP contribution is -2.47. The van der Waals surface area contributed by atoms with Crippen molar-refractivity contribution in [2.75, 3.05) is 26.3 Å². The van der Waals surface area contributed by atoms with Gasteiger partial charge in [-0.3, -0.25) is 4.79 Å². The zero-order valence-corrected chi connectivity index (χ0v) is 15.3. The van der Waals surface area contributed by atoms with Gasteiger partial charge in [0, 0.05) is 25.2 Å². The summed E-state index contributed by atoms with van der Waals surface area (Å²) >= 11 is 0. The quantitative estimate of drug-likeness (QED) is 0.766. The maximum absolute atomic E-state index is 12.2. The van der Waals surface area contributed by atoms with Crippen LogP contribution in [0.25, 0.3) is 0 Å². The molecule has 1 fully saturated rings. The molecular weight excluding hydrogens is 320 g/mol. The maximum atomic E-state index is 12.2. The van der Waals surface area contributed by atoms with Crippen molar-refractivity contribution in [2.24, 2.45) is 0 Å². The summed E-state index contributed by atoms with van der Waals surface area (Å²) in [6, 6.07) is 7.55. The smallest absolute Gasteiger partial charge is 0.342 e. The van der Waals surface area contributed by atoms with Gasteiger partial charge in [0.2, 0.25) is 0 Å². The molecule has 1 saturated heterocycles. The zero-order chi connectivity index (χ0) is 18.2. The Balaban J connectivity index is 1.78.